The minimum atomic E-state index is -0.349. The first kappa shape index (κ1) is 13.8. The van der Waals surface area contributed by atoms with Gasteiger partial charge in [0.25, 0.3) is 0 Å². The van der Waals surface area contributed by atoms with Gasteiger partial charge in [-0.3, -0.25) is 0 Å². The lowest BCUT2D eigenvalue weighted by Crippen LogP contribution is -2.08. The molecule has 0 aliphatic heterocycles. The Labute approximate surface area is 119 Å². The summed E-state index contributed by atoms with van der Waals surface area (Å²) in [5.41, 5.74) is 1.20. The largest absolute Gasteiger partial charge is 0.481 e. The fourth-order valence-corrected chi connectivity index (χ4v) is 1.95. The third-order valence-electron chi connectivity index (χ3n) is 2.63. The molecule has 0 N–H and O–H groups in total. The third-order valence-corrected chi connectivity index (χ3v) is 3.19. The van der Waals surface area contributed by atoms with Crippen LogP contribution in [-0.2, 0) is 4.74 Å². The Morgan fingerprint density at radius 3 is 2.89 bits per heavy atom. The molecule has 1 aromatic carbocycles. The number of fused-ring (bicyclic) bond motifs is 1. The molecule has 2 rings (SSSR count). The number of nitrogens with zero attached hydrogens (tertiary/aromatic N) is 1. The second-order valence-electron chi connectivity index (χ2n) is 3.91. The number of rotatable bonds is 5. The van der Waals surface area contributed by atoms with Crippen molar-refractivity contribution >= 4 is 32.8 Å². The lowest BCUT2D eigenvalue weighted by molar-refractivity contribution is 0.0508. The molecule has 0 amide bonds. The summed E-state index contributed by atoms with van der Waals surface area (Å²) in [5, 5.41) is 1.58. The quantitative estimate of drug-likeness (QED) is 0.481. The molecule has 0 fully saturated rings. The first-order chi connectivity index (χ1) is 9.26. The Kier molecular flexibility index (Phi) is 4.74. The normalized spacial score (nSPS) is 10.4. The van der Waals surface area contributed by atoms with Crippen LogP contribution in [0.2, 0.25) is 0 Å². The summed E-state index contributed by atoms with van der Waals surface area (Å²) < 4.78 is 10.3. The van der Waals surface area contributed by atoms with Crippen molar-refractivity contribution in [1.29, 1.82) is 0 Å². The molecule has 1 aromatic heterocycles. The highest BCUT2D eigenvalue weighted by Gasteiger charge is 2.14. The number of methoxy groups -OCH3 is 1. The van der Waals surface area contributed by atoms with Crippen LogP contribution < -0.4 is 4.74 Å². The highest BCUT2D eigenvalue weighted by Crippen LogP contribution is 2.22. The molecule has 0 saturated carbocycles. The number of esters is 1. The van der Waals surface area contributed by atoms with Crippen LogP contribution in [-0.4, -0.2) is 30.0 Å². The zero-order valence-corrected chi connectivity index (χ0v) is 12.1. The van der Waals surface area contributed by atoms with E-state index in [0.29, 0.717) is 23.6 Å². The molecule has 5 heteroatoms. The van der Waals surface area contributed by atoms with E-state index >= 15 is 0 Å². The van der Waals surface area contributed by atoms with Crippen LogP contribution in [0.4, 0.5) is 0 Å². The van der Waals surface area contributed by atoms with E-state index in [1.54, 1.807) is 6.07 Å². The van der Waals surface area contributed by atoms with Crippen molar-refractivity contribution in [3.8, 4) is 5.88 Å². The molecule has 0 atom stereocenters. The molecule has 0 unspecified atom stereocenters. The van der Waals surface area contributed by atoms with Crippen molar-refractivity contribution in [2.24, 2.45) is 0 Å². The number of ether oxygens (including phenoxy) is 2. The molecular weight excluding hydrogens is 310 g/mol. The van der Waals surface area contributed by atoms with E-state index in [-0.39, 0.29) is 5.97 Å². The standard InChI is InChI=1S/C14H14BrNO3/c1-18-13-9-11(14(17)19-8-4-7-15)10-5-2-3-6-12(10)16-13/h2-3,5-6,9H,4,7-8H2,1H3. The Hall–Kier alpha value is -1.62. The molecule has 0 spiro atoms. The second kappa shape index (κ2) is 6.52. The zero-order valence-electron chi connectivity index (χ0n) is 10.6. The molecule has 19 heavy (non-hydrogen) atoms. The van der Waals surface area contributed by atoms with Gasteiger partial charge in [0.15, 0.2) is 0 Å². The number of hydrogen-bond donors (Lipinski definition) is 0. The van der Waals surface area contributed by atoms with Crippen LogP contribution in [0.5, 0.6) is 5.88 Å². The van der Waals surface area contributed by atoms with Gasteiger partial charge in [-0.2, -0.15) is 0 Å². The third kappa shape index (κ3) is 3.23. The maximum atomic E-state index is 12.1. The van der Waals surface area contributed by atoms with E-state index in [9.17, 15) is 4.79 Å². The average Bonchev–Trinajstić information content (AvgIpc) is 2.46. The summed E-state index contributed by atoms with van der Waals surface area (Å²) in [4.78, 5) is 16.4. The van der Waals surface area contributed by atoms with E-state index in [1.807, 2.05) is 24.3 Å². The maximum absolute atomic E-state index is 12.1. The molecule has 1 heterocycles. The summed E-state index contributed by atoms with van der Waals surface area (Å²) in [6.07, 6.45) is 0.784. The van der Waals surface area contributed by atoms with Gasteiger partial charge >= 0.3 is 5.97 Å². The molecule has 0 saturated heterocycles. The summed E-state index contributed by atoms with van der Waals surface area (Å²) in [6, 6.07) is 9.04. The number of carbonyl (C=O) groups is 1. The van der Waals surface area contributed by atoms with Gasteiger partial charge in [-0.25, -0.2) is 9.78 Å². The number of alkyl halides is 1. The van der Waals surface area contributed by atoms with Gasteiger partial charge in [0, 0.05) is 16.8 Å². The van der Waals surface area contributed by atoms with Gasteiger partial charge in [0.05, 0.1) is 24.8 Å². The van der Waals surface area contributed by atoms with Crippen LogP contribution in [0.15, 0.2) is 30.3 Å². The Morgan fingerprint density at radius 2 is 2.16 bits per heavy atom. The van der Waals surface area contributed by atoms with Crippen molar-refractivity contribution in [2.75, 3.05) is 19.0 Å². The van der Waals surface area contributed by atoms with Crippen LogP contribution in [0.3, 0.4) is 0 Å². The lowest BCUT2D eigenvalue weighted by atomic mass is 10.1. The van der Waals surface area contributed by atoms with Gasteiger partial charge in [-0.15, -0.1) is 0 Å². The topological polar surface area (TPSA) is 48.4 Å². The number of pyridine rings is 1. The van der Waals surface area contributed by atoms with Crippen LogP contribution in [0.1, 0.15) is 16.8 Å². The van der Waals surface area contributed by atoms with Crippen molar-refractivity contribution in [1.82, 2.24) is 4.98 Å². The highest BCUT2D eigenvalue weighted by molar-refractivity contribution is 9.09. The summed E-state index contributed by atoms with van der Waals surface area (Å²) in [7, 11) is 1.52. The van der Waals surface area contributed by atoms with Gasteiger partial charge in [0.2, 0.25) is 5.88 Å². The lowest BCUT2D eigenvalue weighted by Gasteiger charge is -2.08. The second-order valence-corrected chi connectivity index (χ2v) is 4.70. The number of para-hydroxylation sites is 1. The molecule has 4 nitrogen and oxygen atoms in total. The number of halogens is 1. The van der Waals surface area contributed by atoms with Crippen molar-refractivity contribution in [2.45, 2.75) is 6.42 Å². The monoisotopic (exact) mass is 323 g/mol. The van der Waals surface area contributed by atoms with Crippen molar-refractivity contribution < 1.29 is 14.3 Å². The van der Waals surface area contributed by atoms with Gasteiger partial charge in [-0.05, 0) is 12.5 Å². The summed E-state index contributed by atoms with van der Waals surface area (Å²) in [6.45, 7) is 0.392. The molecule has 2 aromatic rings. The van der Waals surface area contributed by atoms with E-state index in [2.05, 4.69) is 20.9 Å². The summed E-state index contributed by atoms with van der Waals surface area (Å²) in [5.74, 6) is 0.0593. The molecule has 0 radical (unpaired) electrons. The number of benzene rings is 1. The van der Waals surface area contributed by atoms with E-state index in [1.165, 1.54) is 7.11 Å². The molecular formula is C14H14BrNO3. The minimum Gasteiger partial charge on any atom is -0.481 e. The number of carbonyl (C=O) groups excluding carboxylic acids is 1. The molecule has 100 valence electrons. The van der Waals surface area contributed by atoms with E-state index in [4.69, 9.17) is 9.47 Å². The fourth-order valence-electron chi connectivity index (χ4n) is 1.72. The van der Waals surface area contributed by atoms with E-state index < -0.39 is 0 Å². The first-order valence-electron chi connectivity index (χ1n) is 5.93. The summed E-state index contributed by atoms with van der Waals surface area (Å²) >= 11 is 3.30. The number of aromatic nitrogens is 1. The van der Waals surface area contributed by atoms with Crippen LogP contribution >= 0.6 is 15.9 Å². The zero-order chi connectivity index (χ0) is 13.7. The Balaban J connectivity index is 2.37. The molecule has 0 bridgehead atoms. The number of hydrogen-bond acceptors (Lipinski definition) is 4. The fraction of sp³-hybridized carbons (Fsp3) is 0.286. The van der Waals surface area contributed by atoms with Crippen molar-refractivity contribution in [3.63, 3.8) is 0 Å². The smallest absolute Gasteiger partial charge is 0.339 e. The van der Waals surface area contributed by atoms with Crippen LogP contribution in [0.25, 0.3) is 10.9 Å². The van der Waals surface area contributed by atoms with Crippen LogP contribution in [0, 0.1) is 0 Å². The predicted molar refractivity (Wildman–Crippen MR) is 77.0 cm³/mol. The van der Waals surface area contributed by atoms with Gasteiger partial charge < -0.3 is 9.47 Å². The predicted octanol–water partition coefficient (Wildman–Crippen LogP) is 3.19. The Bertz CT molecular complexity index is 586. The average molecular weight is 324 g/mol. The highest BCUT2D eigenvalue weighted by atomic mass is 79.9. The SMILES string of the molecule is COc1cc(C(=O)OCCCBr)c2ccccc2n1. The van der Waals surface area contributed by atoms with E-state index in [0.717, 1.165) is 17.1 Å². The van der Waals surface area contributed by atoms with Crippen molar-refractivity contribution in [3.05, 3.63) is 35.9 Å². The van der Waals surface area contributed by atoms with Gasteiger partial charge in [0.1, 0.15) is 0 Å². The molecule has 0 aliphatic rings. The van der Waals surface area contributed by atoms with Gasteiger partial charge in [-0.1, -0.05) is 34.1 Å². The molecule has 0 aliphatic carbocycles. The first-order valence-corrected chi connectivity index (χ1v) is 7.05. The minimum absolute atomic E-state index is 0.349. The maximum Gasteiger partial charge on any atom is 0.339 e. The Morgan fingerprint density at radius 1 is 1.37 bits per heavy atom.